The summed E-state index contributed by atoms with van der Waals surface area (Å²) in [5.41, 5.74) is 0. The Morgan fingerprint density at radius 1 is 1.06 bits per heavy atom. The van der Waals surface area contributed by atoms with E-state index in [1.54, 1.807) is 12.1 Å². The molecule has 8 nitrogen and oxygen atoms in total. The van der Waals surface area contributed by atoms with Crippen LogP contribution in [-0.2, 0) is 19.6 Å². The molecule has 1 N–H and O–H groups in total. The number of amides is 1. The van der Waals surface area contributed by atoms with Crippen LogP contribution in [0.3, 0.4) is 0 Å². The van der Waals surface area contributed by atoms with Crippen molar-refractivity contribution in [3.63, 3.8) is 0 Å². The van der Waals surface area contributed by atoms with Gasteiger partial charge in [0, 0.05) is 13.1 Å². The maximum atomic E-state index is 12.6. The molecule has 0 saturated carbocycles. The second-order valence-electron chi connectivity index (χ2n) is 6.96. The van der Waals surface area contributed by atoms with E-state index < -0.39 is 16.1 Å². The molecule has 0 unspecified atom stereocenters. The second-order valence-corrected chi connectivity index (χ2v) is 8.89. The lowest BCUT2D eigenvalue weighted by Crippen LogP contribution is -2.40. The molecule has 1 aliphatic rings. The zero-order valence-corrected chi connectivity index (χ0v) is 18.3. The molecule has 1 heterocycles. The van der Waals surface area contributed by atoms with Gasteiger partial charge in [-0.2, -0.15) is 4.31 Å². The van der Waals surface area contributed by atoms with E-state index in [0.717, 1.165) is 0 Å². The monoisotopic (exact) mass is 448 g/mol. The number of rotatable bonds is 10. The zero-order chi connectivity index (χ0) is 22.1. The summed E-state index contributed by atoms with van der Waals surface area (Å²) in [7, 11) is -3.53. The number of benzene rings is 2. The van der Waals surface area contributed by atoms with Crippen molar-refractivity contribution < 1.29 is 27.4 Å². The quantitative estimate of drug-likeness (QED) is 0.559. The largest absolute Gasteiger partial charge is 0.492 e. The number of para-hydroxylation sites is 1. The molecule has 9 heteroatoms. The van der Waals surface area contributed by atoms with Crippen molar-refractivity contribution in [3.05, 3.63) is 54.6 Å². The molecule has 2 aromatic rings. The van der Waals surface area contributed by atoms with Gasteiger partial charge in [0.15, 0.2) is 6.10 Å². The highest BCUT2D eigenvalue weighted by molar-refractivity contribution is 7.89. The number of carbonyl (C=O) groups is 1. The van der Waals surface area contributed by atoms with Gasteiger partial charge in [-0.3, -0.25) is 4.79 Å². The summed E-state index contributed by atoms with van der Waals surface area (Å²) in [6.07, 6.45) is -0.0345. The fourth-order valence-electron chi connectivity index (χ4n) is 3.09. The Hall–Kier alpha value is -2.62. The second kappa shape index (κ2) is 11.1. The van der Waals surface area contributed by atoms with Gasteiger partial charge >= 0.3 is 0 Å². The van der Waals surface area contributed by atoms with E-state index >= 15 is 0 Å². The van der Waals surface area contributed by atoms with Crippen LogP contribution in [0.15, 0.2) is 59.5 Å². The van der Waals surface area contributed by atoms with Gasteiger partial charge in [-0.05, 0) is 42.8 Å². The third kappa shape index (κ3) is 6.43. The van der Waals surface area contributed by atoms with Crippen molar-refractivity contribution >= 4 is 15.9 Å². The average Bonchev–Trinajstić information content (AvgIpc) is 2.81. The predicted molar refractivity (Wildman–Crippen MR) is 116 cm³/mol. The molecule has 0 radical (unpaired) electrons. The normalized spacial score (nSPS) is 15.8. The van der Waals surface area contributed by atoms with Crippen molar-refractivity contribution in [1.82, 2.24) is 9.62 Å². The standard InChI is InChI=1S/C22H28N2O6S/c1-2-21(30-19-6-4-3-5-7-19)22(25)23-12-15-29-18-8-10-20(11-9-18)31(26,27)24-13-16-28-17-14-24/h3-11,21H,2,12-17H2,1H3,(H,23,25)/t21-/m0/s1. The first kappa shape index (κ1) is 23.1. The minimum absolute atomic E-state index is 0.207. The number of sulfonamides is 1. The number of nitrogens with zero attached hydrogens (tertiary/aromatic N) is 1. The summed E-state index contributed by atoms with van der Waals surface area (Å²) in [5.74, 6) is 0.970. The van der Waals surface area contributed by atoms with E-state index in [9.17, 15) is 13.2 Å². The van der Waals surface area contributed by atoms with Crippen molar-refractivity contribution in [2.45, 2.75) is 24.3 Å². The van der Waals surface area contributed by atoms with E-state index in [4.69, 9.17) is 14.2 Å². The fourth-order valence-corrected chi connectivity index (χ4v) is 4.49. The van der Waals surface area contributed by atoms with Crippen LogP contribution in [0.2, 0.25) is 0 Å². The molecule has 1 amide bonds. The van der Waals surface area contributed by atoms with Crippen LogP contribution in [0.1, 0.15) is 13.3 Å². The molecular weight excluding hydrogens is 420 g/mol. The molecule has 168 valence electrons. The lowest BCUT2D eigenvalue weighted by molar-refractivity contribution is -0.128. The van der Waals surface area contributed by atoms with E-state index in [2.05, 4.69) is 5.32 Å². The summed E-state index contributed by atoms with van der Waals surface area (Å²) in [6.45, 7) is 3.96. The smallest absolute Gasteiger partial charge is 0.261 e. The van der Waals surface area contributed by atoms with E-state index in [0.29, 0.717) is 50.8 Å². The molecule has 0 spiro atoms. The van der Waals surface area contributed by atoms with E-state index in [-0.39, 0.29) is 17.4 Å². The third-order valence-electron chi connectivity index (χ3n) is 4.79. The van der Waals surface area contributed by atoms with Crippen molar-refractivity contribution in [2.75, 3.05) is 39.5 Å². The summed E-state index contributed by atoms with van der Waals surface area (Å²) in [4.78, 5) is 12.5. The van der Waals surface area contributed by atoms with Crippen molar-refractivity contribution in [1.29, 1.82) is 0 Å². The molecule has 1 saturated heterocycles. The highest BCUT2D eigenvalue weighted by atomic mass is 32.2. The molecule has 0 bridgehead atoms. The van der Waals surface area contributed by atoms with E-state index in [1.165, 1.54) is 16.4 Å². The lowest BCUT2D eigenvalue weighted by Gasteiger charge is -2.26. The zero-order valence-electron chi connectivity index (χ0n) is 17.5. The van der Waals surface area contributed by atoms with Crippen molar-refractivity contribution in [2.24, 2.45) is 0 Å². The van der Waals surface area contributed by atoms with Crippen LogP contribution >= 0.6 is 0 Å². The third-order valence-corrected chi connectivity index (χ3v) is 6.70. The number of nitrogens with one attached hydrogen (secondary N) is 1. The Balaban J connectivity index is 1.44. The predicted octanol–water partition coefficient (Wildman–Crippen LogP) is 2.06. The van der Waals surface area contributed by atoms with Gasteiger partial charge in [-0.1, -0.05) is 25.1 Å². The van der Waals surface area contributed by atoms with Crippen LogP contribution in [0.25, 0.3) is 0 Å². The summed E-state index contributed by atoms with van der Waals surface area (Å²) in [6, 6.07) is 15.5. The minimum Gasteiger partial charge on any atom is -0.492 e. The Bertz CT molecular complexity index is 928. The Morgan fingerprint density at radius 3 is 2.39 bits per heavy atom. The SMILES string of the molecule is CC[C@H](Oc1ccccc1)C(=O)NCCOc1ccc(S(=O)(=O)N2CCOCC2)cc1. The Kier molecular flexibility index (Phi) is 8.27. The van der Waals surface area contributed by atoms with Crippen LogP contribution < -0.4 is 14.8 Å². The van der Waals surface area contributed by atoms with Gasteiger partial charge in [0.25, 0.3) is 5.91 Å². The van der Waals surface area contributed by atoms with Crippen LogP contribution in [0.5, 0.6) is 11.5 Å². The molecule has 1 fully saturated rings. The lowest BCUT2D eigenvalue weighted by atomic mass is 10.2. The first-order valence-electron chi connectivity index (χ1n) is 10.3. The summed E-state index contributed by atoms with van der Waals surface area (Å²) >= 11 is 0. The van der Waals surface area contributed by atoms with Gasteiger partial charge in [-0.25, -0.2) is 8.42 Å². The maximum absolute atomic E-state index is 12.6. The van der Waals surface area contributed by atoms with Gasteiger partial charge in [0.05, 0.1) is 24.7 Å². The average molecular weight is 449 g/mol. The summed E-state index contributed by atoms with van der Waals surface area (Å²) < 4.78 is 43.2. The van der Waals surface area contributed by atoms with E-state index in [1.807, 2.05) is 37.3 Å². The van der Waals surface area contributed by atoms with Gasteiger partial charge in [0.2, 0.25) is 10.0 Å². The number of hydrogen-bond acceptors (Lipinski definition) is 6. The number of morpholine rings is 1. The number of carbonyl (C=O) groups excluding carboxylic acids is 1. The fraction of sp³-hybridized carbons (Fsp3) is 0.409. The molecule has 0 aliphatic carbocycles. The molecule has 31 heavy (non-hydrogen) atoms. The van der Waals surface area contributed by atoms with Crippen molar-refractivity contribution in [3.8, 4) is 11.5 Å². The van der Waals surface area contributed by atoms with Crippen LogP contribution in [0, 0.1) is 0 Å². The molecule has 3 rings (SSSR count). The molecule has 0 aromatic heterocycles. The Labute approximate surface area is 183 Å². The molecule has 2 aromatic carbocycles. The van der Waals surface area contributed by atoms with Gasteiger partial charge < -0.3 is 19.5 Å². The highest BCUT2D eigenvalue weighted by Gasteiger charge is 2.26. The highest BCUT2D eigenvalue weighted by Crippen LogP contribution is 2.20. The minimum atomic E-state index is -3.53. The molecule has 1 aliphatic heterocycles. The maximum Gasteiger partial charge on any atom is 0.261 e. The first-order valence-corrected chi connectivity index (χ1v) is 11.7. The van der Waals surface area contributed by atoms with Gasteiger partial charge in [0.1, 0.15) is 18.1 Å². The number of ether oxygens (including phenoxy) is 3. The van der Waals surface area contributed by atoms with Crippen LogP contribution in [-0.4, -0.2) is 64.2 Å². The summed E-state index contributed by atoms with van der Waals surface area (Å²) in [5, 5.41) is 2.80. The number of hydrogen-bond donors (Lipinski definition) is 1. The van der Waals surface area contributed by atoms with Crippen LogP contribution in [0.4, 0.5) is 0 Å². The molecular formula is C22H28N2O6S. The molecule has 1 atom stereocenters. The topological polar surface area (TPSA) is 94.2 Å². The first-order chi connectivity index (χ1) is 15.0. The Morgan fingerprint density at radius 2 is 1.74 bits per heavy atom. The van der Waals surface area contributed by atoms with Gasteiger partial charge in [-0.15, -0.1) is 0 Å².